The SMILES string of the molecule is CC1CCN(c2ccc([N+](=O)[O-])cc2C(=O)N(C)CC(=O)Nc2c(Cl)cccc2Cl)CC1. The average molecular weight is 479 g/mol. The van der Waals surface area contributed by atoms with Crippen LogP contribution in [0.1, 0.15) is 30.1 Å². The molecule has 1 heterocycles. The number of non-ortho nitro benzene ring substituents is 1. The molecule has 2 aromatic carbocycles. The second kappa shape index (κ2) is 10.2. The first-order valence-corrected chi connectivity index (χ1v) is 11.0. The molecule has 0 unspecified atom stereocenters. The first-order valence-electron chi connectivity index (χ1n) is 10.2. The van der Waals surface area contributed by atoms with Gasteiger partial charge in [-0.1, -0.05) is 36.2 Å². The topological polar surface area (TPSA) is 95.8 Å². The largest absolute Gasteiger partial charge is 0.371 e. The van der Waals surface area contributed by atoms with Gasteiger partial charge in [-0.05, 0) is 37.0 Å². The van der Waals surface area contributed by atoms with Gasteiger partial charge in [0.1, 0.15) is 0 Å². The zero-order chi connectivity index (χ0) is 23.4. The Labute approximate surface area is 196 Å². The number of nitro groups is 1. The Morgan fingerprint density at radius 2 is 1.81 bits per heavy atom. The second-order valence-corrected chi connectivity index (χ2v) is 8.75. The van der Waals surface area contributed by atoms with Crippen molar-refractivity contribution in [1.29, 1.82) is 0 Å². The number of anilines is 2. The Morgan fingerprint density at radius 1 is 1.19 bits per heavy atom. The Kier molecular flexibility index (Phi) is 7.58. The number of benzene rings is 2. The molecule has 32 heavy (non-hydrogen) atoms. The molecule has 2 amide bonds. The van der Waals surface area contributed by atoms with E-state index in [1.54, 1.807) is 24.3 Å². The number of amides is 2. The van der Waals surface area contributed by atoms with E-state index in [4.69, 9.17) is 23.2 Å². The van der Waals surface area contributed by atoms with E-state index in [2.05, 4.69) is 17.1 Å². The van der Waals surface area contributed by atoms with Crippen LogP contribution in [0.2, 0.25) is 10.0 Å². The normalized spacial score (nSPS) is 14.2. The van der Waals surface area contributed by atoms with Gasteiger partial charge in [0.25, 0.3) is 11.6 Å². The van der Waals surface area contributed by atoms with Crippen molar-refractivity contribution in [3.63, 3.8) is 0 Å². The molecule has 1 N–H and O–H groups in total. The molecule has 0 spiro atoms. The van der Waals surface area contributed by atoms with E-state index >= 15 is 0 Å². The van der Waals surface area contributed by atoms with Gasteiger partial charge in [0.15, 0.2) is 0 Å². The van der Waals surface area contributed by atoms with E-state index in [0.29, 0.717) is 11.6 Å². The highest BCUT2D eigenvalue weighted by molar-refractivity contribution is 6.39. The lowest BCUT2D eigenvalue weighted by Gasteiger charge is -2.33. The van der Waals surface area contributed by atoms with Crippen molar-refractivity contribution in [3.05, 3.63) is 62.1 Å². The molecule has 0 aliphatic carbocycles. The number of piperidine rings is 1. The molecule has 0 radical (unpaired) electrons. The lowest BCUT2D eigenvalue weighted by molar-refractivity contribution is -0.384. The van der Waals surface area contributed by atoms with Crippen LogP contribution < -0.4 is 10.2 Å². The molecule has 2 aromatic rings. The smallest absolute Gasteiger partial charge is 0.270 e. The molecular formula is C22H24Cl2N4O4. The highest BCUT2D eigenvalue weighted by atomic mass is 35.5. The van der Waals surface area contributed by atoms with Crippen LogP contribution in [0.15, 0.2) is 36.4 Å². The number of nitrogens with zero attached hydrogens (tertiary/aromatic N) is 3. The van der Waals surface area contributed by atoms with Crippen molar-refractivity contribution < 1.29 is 14.5 Å². The van der Waals surface area contributed by atoms with Gasteiger partial charge in [-0.3, -0.25) is 19.7 Å². The summed E-state index contributed by atoms with van der Waals surface area (Å²) in [5, 5.41) is 14.5. The van der Waals surface area contributed by atoms with Gasteiger partial charge in [0.2, 0.25) is 5.91 Å². The molecule has 3 rings (SSSR count). The number of hydrogen-bond acceptors (Lipinski definition) is 5. The van der Waals surface area contributed by atoms with Crippen LogP contribution in [-0.4, -0.2) is 48.3 Å². The maximum Gasteiger partial charge on any atom is 0.270 e. The molecule has 10 heteroatoms. The molecular weight excluding hydrogens is 455 g/mol. The third kappa shape index (κ3) is 5.49. The van der Waals surface area contributed by atoms with Crippen LogP contribution in [0.3, 0.4) is 0 Å². The standard InChI is InChI=1S/C22H24Cl2N4O4/c1-14-8-10-27(11-9-14)19-7-6-15(28(31)32)12-16(19)22(30)26(2)13-20(29)25-21-17(23)4-3-5-18(21)24/h3-7,12,14H,8-11,13H2,1-2H3,(H,25,29). The van der Waals surface area contributed by atoms with Crippen LogP contribution in [0, 0.1) is 16.0 Å². The molecule has 0 bridgehead atoms. The van der Waals surface area contributed by atoms with Gasteiger partial charge in [0.05, 0.1) is 38.5 Å². The maximum absolute atomic E-state index is 13.2. The van der Waals surface area contributed by atoms with Crippen molar-refractivity contribution in [2.75, 3.05) is 36.9 Å². The molecule has 1 fully saturated rings. The predicted octanol–water partition coefficient (Wildman–Crippen LogP) is 4.85. The first kappa shape index (κ1) is 23.8. The third-order valence-corrected chi connectivity index (χ3v) is 6.13. The number of carbonyl (C=O) groups excluding carboxylic acids is 2. The van der Waals surface area contributed by atoms with E-state index in [1.807, 2.05) is 0 Å². The minimum atomic E-state index is -0.537. The number of carbonyl (C=O) groups is 2. The van der Waals surface area contributed by atoms with E-state index in [-0.39, 0.29) is 33.5 Å². The second-order valence-electron chi connectivity index (χ2n) is 7.93. The van der Waals surface area contributed by atoms with Crippen molar-refractivity contribution in [1.82, 2.24) is 4.90 Å². The molecule has 1 saturated heterocycles. The first-order chi connectivity index (χ1) is 15.2. The fraction of sp³-hybridized carbons (Fsp3) is 0.364. The number of nitro benzene ring substituents is 1. The Balaban J connectivity index is 1.80. The summed E-state index contributed by atoms with van der Waals surface area (Å²) in [4.78, 5) is 39.8. The fourth-order valence-corrected chi connectivity index (χ4v) is 4.12. The molecule has 8 nitrogen and oxygen atoms in total. The predicted molar refractivity (Wildman–Crippen MR) is 126 cm³/mol. The summed E-state index contributed by atoms with van der Waals surface area (Å²) >= 11 is 12.2. The number of likely N-dealkylation sites (N-methyl/N-ethyl adjacent to an activating group) is 1. The lowest BCUT2D eigenvalue weighted by Crippen LogP contribution is -2.38. The van der Waals surface area contributed by atoms with Gasteiger partial charge in [0, 0.05) is 32.3 Å². The minimum absolute atomic E-state index is 0.178. The van der Waals surface area contributed by atoms with E-state index in [1.165, 1.54) is 24.1 Å². The molecule has 0 aromatic heterocycles. The number of nitrogens with one attached hydrogen (secondary N) is 1. The summed E-state index contributed by atoms with van der Waals surface area (Å²) in [5.41, 5.74) is 0.914. The molecule has 0 atom stereocenters. The molecule has 1 aliphatic heterocycles. The average Bonchev–Trinajstić information content (AvgIpc) is 2.76. The van der Waals surface area contributed by atoms with E-state index in [9.17, 15) is 19.7 Å². The molecule has 170 valence electrons. The number of rotatable bonds is 6. The molecule has 0 saturated carbocycles. The van der Waals surface area contributed by atoms with Crippen molar-refractivity contribution in [2.45, 2.75) is 19.8 Å². The van der Waals surface area contributed by atoms with Crippen molar-refractivity contribution in [2.24, 2.45) is 5.92 Å². The summed E-state index contributed by atoms with van der Waals surface area (Å²) in [6, 6.07) is 9.12. The van der Waals surface area contributed by atoms with Crippen molar-refractivity contribution >= 4 is 52.1 Å². The zero-order valence-corrected chi connectivity index (χ0v) is 19.3. The van der Waals surface area contributed by atoms with Gasteiger partial charge in [-0.25, -0.2) is 0 Å². The summed E-state index contributed by atoms with van der Waals surface area (Å²) in [6.07, 6.45) is 1.95. The number of halogens is 2. The maximum atomic E-state index is 13.2. The quantitative estimate of drug-likeness (QED) is 0.472. The summed E-state index contributed by atoms with van der Waals surface area (Å²) in [5.74, 6) is -0.385. The zero-order valence-electron chi connectivity index (χ0n) is 17.8. The van der Waals surface area contributed by atoms with Crippen molar-refractivity contribution in [3.8, 4) is 0 Å². The highest BCUT2D eigenvalue weighted by Gasteiger charge is 2.26. The van der Waals surface area contributed by atoms with Crippen LogP contribution in [0.4, 0.5) is 17.1 Å². The van der Waals surface area contributed by atoms with Crippen LogP contribution in [0.5, 0.6) is 0 Å². The Bertz CT molecular complexity index is 1020. The number of para-hydroxylation sites is 1. The number of hydrogen-bond donors (Lipinski definition) is 1. The van der Waals surface area contributed by atoms with Crippen LogP contribution in [0.25, 0.3) is 0 Å². The van der Waals surface area contributed by atoms with Gasteiger partial charge in [-0.15, -0.1) is 0 Å². The Hall–Kier alpha value is -2.84. The van der Waals surface area contributed by atoms with E-state index in [0.717, 1.165) is 25.9 Å². The fourth-order valence-electron chi connectivity index (χ4n) is 3.62. The van der Waals surface area contributed by atoms with Gasteiger partial charge < -0.3 is 15.1 Å². The Morgan fingerprint density at radius 3 is 2.41 bits per heavy atom. The van der Waals surface area contributed by atoms with Gasteiger partial charge >= 0.3 is 0 Å². The van der Waals surface area contributed by atoms with Crippen LogP contribution in [-0.2, 0) is 4.79 Å². The van der Waals surface area contributed by atoms with Crippen LogP contribution >= 0.6 is 23.2 Å². The minimum Gasteiger partial charge on any atom is -0.371 e. The monoisotopic (exact) mass is 478 g/mol. The molecule has 1 aliphatic rings. The lowest BCUT2D eigenvalue weighted by atomic mass is 9.97. The van der Waals surface area contributed by atoms with E-state index < -0.39 is 16.7 Å². The summed E-state index contributed by atoms with van der Waals surface area (Å²) < 4.78 is 0. The summed E-state index contributed by atoms with van der Waals surface area (Å²) in [7, 11) is 1.47. The third-order valence-electron chi connectivity index (χ3n) is 5.50. The summed E-state index contributed by atoms with van der Waals surface area (Å²) in [6.45, 7) is 3.42. The van der Waals surface area contributed by atoms with Gasteiger partial charge in [-0.2, -0.15) is 0 Å². The highest BCUT2D eigenvalue weighted by Crippen LogP contribution is 2.31.